The van der Waals surface area contributed by atoms with Crippen molar-refractivity contribution in [3.05, 3.63) is 57.8 Å². The molecule has 3 rings (SSSR count). The fraction of sp³-hybridized carbons (Fsp3) is 0.350. The van der Waals surface area contributed by atoms with Crippen LogP contribution in [-0.2, 0) is 11.2 Å². The SMILES string of the molecule is CCc1ccc(NC(=O)[C@@H](CC)n2cnc3oc(C)c(C)c3c2=O)cc1. The molecule has 0 saturated carbocycles. The van der Waals surface area contributed by atoms with Gasteiger partial charge in [0, 0.05) is 11.3 Å². The fourth-order valence-corrected chi connectivity index (χ4v) is 3.03. The van der Waals surface area contributed by atoms with Crippen LogP contribution in [0.4, 0.5) is 5.69 Å². The third kappa shape index (κ3) is 3.14. The Bertz CT molecular complexity index is 1000. The lowest BCUT2D eigenvalue weighted by Gasteiger charge is -2.17. The molecule has 136 valence electrons. The number of anilines is 1. The Morgan fingerprint density at radius 2 is 1.92 bits per heavy atom. The molecule has 1 aromatic carbocycles. The molecule has 0 fully saturated rings. The number of aryl methyl sites for hydroxylation is 3. The molecule has 3 aromatic rings. The third-order valence-electron chi connectivity index (χ3n) is 4.77. The van der Waals surface area contributed by atoms with Gasteiger partial charge >= 0.3 is 0 Å². The maximum Gasteiger partial charge on any atom is 0.265 e. The molecule has 0 saturated heterocycles. The van der Waals surface area contributed by atoms with Gasteiger partial charge in [-0.05, 0) is 44.4 Å². The maximum atomic E-state index is 12.9. The highest BCUT2D eigenvalue weighted by Gasteiger charge is 2.23. The largest absolute Gasteiger partial charge is 0.443 e. The lowest BCUT2D eigenvalue weighted by atomic mass is 10.1. The maximum absolute atomic E-state index is 12.9. The van der Waals surface area contributed by atoms with Gasteiger partial charge in [-0.2, -0.15) is 0 Å². The summed E-state index contributed by atoms with van der Waals surface area (Å²) in [5, 5.41) is 3.32. The zero-order valence-corrected chi connectivity index (χ0v) is 15.5. The van der Waals surface area contributed by atoms with Crippen molar-refractivity contribution in [2.45, 2.75) is 46.6 Å². The van der Waals surface area contributed by atoms with Gasteiger partial charge in [0.15, 0.2) is 0 Å². The molecule has 1 N–H and O–H groups in total. The van der Waals surface area contributed by atoms with E-state index < -0.39 is 6.04 Å². The molecule has 26 heavy (non-hydrogen) atoms. The summed E-state index contributed by atoms with van der Waals surface area (Å²) in [5.74, 6) is 0.425. The van der Waals surface area contributed by atoms with Gasteiger partial charge in [0.05, 0.1) is 0 Å². The van der Waals surface area contributed by atoms with Crippen molar-refractivity contribution in [2.24, 2.45) is 0 Å². The number of benzene rings is 1. The van der Waals surface area contributed by atoms with Crippen molar-refractivity contribution in [3.8, 4) is 0 Å². The standard InChI is InChI=1S/C20H23N3O3/c1-5-14-7-9-15(10-8-14)22-18(24)16(6-2)23-11-21-19-17(20(23)25)12(3)13(4)26-19/h7-11,16H,5-6H2,1-4H3,(H,22,24)/t16-/m1/s1. The molecule has 2 heterocycles. The van der Waals surface area contributed by atoms with Crippen molar-refractivity contribution < 1.29 is 9.21 Å². The highest BCUT2D eigenvalue weighted by Crippen LogP contribution is 2.21. The van der Waals surface area contributed by atoms with Gasteiger partial charge in [-0.3, -0.25) is 14.2 Å². The van der Waals surface area contributed by atoms with Crippen molar-refractivity contribution in [1.29, 1.82) is 0 Å². The highest BCUT2D eigenvalue weighted by atomic mass is 16.3. The summed E-state index contributed by atoms with van der Waals surface area (Å²) in [6.45, 7) is 7.57. The normalized spacial score (nSPS) is 12.3. The van der Waals surface area contributed by atoms with Gasteiger partial charge in [-0.25, -0.2) is 4.98 Å². The molecule has 0 aliphatic rings. The number of amides is 1. The molecule has 0 aliphatic heterocycles. The predicted molar refractivity (Wildman–Crippen MR) is 102 cm³/mol. The van der Waals surface area contributed by atoms with Gasteiger partial charge in [0.2, 0.25) is 11.6 Å². The van der Waals surface area contributed by atoms with E-state index in [0.717, 1.165) is 12.0 Å². The molecule has 0 unspecified atom stereocenters. The molecule has 6 heteroatoms. The number of carbonyl (C=O) groups excluding carboxylic acids is 1. The van der Waals surface area contributed by atoms with Gasteiger partial charge in [-0.15, -0.1) is 0 Å². The van der Waals surface area contributed by atoms with E-state index in [1.54, 1.807) is 6.92 Å². The number of nitrogens with zero attached hydrogens (tertiary/aromatic N) is 2. The summed E-state index contributed by atoms with van der Waals surface area (Å²) in [4.78, 5) is 29.9. The average Bonchev–Trinajstić information content (AvgIpc) is 2.93. The quantitative estimate of drug-likeness (QED) is 0.758. The predicted octanol–water partition coefficient (Wildman–Crippen LogP) is 3.76. The van der Waals surface area contributed by atoms with Gasteiger partial charge in [0.25, 0.3) is 5.56 Å². The molecular formula is C20H23N3O3. The second kappa shape index (κ2) is 7.15. The molecular weight excluding hydrogens is 330 g/mol. The number of fused-ring (bicyclic) bond motifs is 1. The number of hydrogen-bond acceptors (Lipinski definition) is 4. The van der Waals surface area contributed by atoms with Crippen LogP contribution in [0.2, 0.25) is 0 Å². The van der Waals surface area contributed by atoms with Crippen molar-refractivity contribution in [1.82, 2.24) is 9.55 Å². The number of furan rings is 1. The second-order valence-corrected chi connectivity index (χ2v) is 6.38. The van der Waals surface area contributed by atoms with Crippen LogP contribution >= 0.6 is 0 Å². The number of aromatic nitrogens is 2. The van der Waals surface area contributed by atoms with E-state index in [4.69, 9.17) is 4.42 Å². The smallest absolute Gasteiger partial charge is 0.265 e. The van der Waals surface area contributed by atoms with E-state index in [1.807, 2.05) is 38.1 Å². The first-order valence-corrected chi connectivity index (χ1v) is 8.82. The van der Waals surface area contributed by atoms with E-state index in [9.17, 15) is 9.59 Å². The van der Waals surface area contributed by atoms with Crippen LogP contribution in [0.3, 0.4) is 0 Å². The molecule has 1 amide bonds. The van der Waals surface area contributed by atoms with Crippen LogP contribution in [-0.4, -0.2) is 15.5 Å². The number of hydrogen-bond donors (Lipinski definition) is 1. The highest BCUT2D eigenvalue weighted by molar-refractivity contribution is 5.94. The van der Waals surface area contributed by atoms with E-state index in [-0.39, 0.29) is 11.5 Å². The third-order valence-corrected chi connectivity index (χ3v) is 4.77. The number of rotatable bonds is 5. The second-order valence-electron chi connectivity index (χ2n) is 6.38. The number of nitrogens with one attached hydrogen (secondary N) is 1. The Hall–Kier alpha value is -2.89. The van der Waals surface area contributed by atoms with Crippen LogP contribution in [0.1, 0.15) is 43.2 Å². The monoisotopic (exact) mass is 353 g/mol. The van der Waals surface area contributed by atoms with Gasteiger partial charge < -0.3 is 9.73 Å². The summed E-state index contributed by atoms with van der Waals surface area (Å²) in [6, 6.07) is 7.07. The molecule has 0 radical (unpaired) electrons. The zero-order valence-electron chi connectivity index (χ0n) is 15.5. The Kier molecular flexibility index (Phi) is 4.93. The molecule has 0 aliphatic carbocycles. The van der Waals surface area contributed by atoms with Crippen LogP contribution < -0.4 is 10.9 Å². The number of carbonyl (C=O) groups is 1. The van der Waals surface area contributed by atoms with Crippen LogP contribution in [0.15, 0.2) is 39.8 Å². The van der Waals surface area contributed by atoms with Crippen molar-refractivity contribution in [2.75, 3.05) is 5.32 Å². The zero-order chi connectivity index (χ0) is 18.8. The van der Waals surface area contributed by atoms with Crippen LogP contribution in [0.5, 0.6) is 0 Å². The van der Waals surface area contributed by atoms with Crippen LogP contribution in [0.25, 0.3) is 11.1 Å². The van der Waals surface area contributed by atoms with E-state index >= 15 is 0 Å². The minimum atomic E-state index is -0.639. The lowest BCUT2D eigenvalue weighted by Crippen LogP contribution is -2.33. The summed E-state index contributed by atoms with van der Waals surface area (Å²) >= 11 is 0. The van der Waals surface area contributed by atoms with Gasteiger partial charge in [-0.1, -0.05) is 26.0 Å². The van der Waals surface area contributed by atoms with E-state index in [1.165, 1.54) is 16.5 Å². The molecule has 1 atom stereocenters. The molecule has 0 bridgehead atoms. The van der Waals surface area contributed by atoms with E-state index in [2.05, 4.69) is 17.2 Å². The Morgan fingerprint density at radius 3 is 2.54 bits per heavy atom. The lowest BCUT2D eigenvalue weighted by molar-refractivity contribution is -0.119. The Morgan fingerprint density at radius 1 is 1.23 bits per heavy atom. The summed E-state index contributed by atoms with van der Waals surface area (Å²) < 4.78 is 6.89. The van der Waals surface area contributed by atoms with Gasteiger partial charge in [0.1, 0.15) is 23.5 Å². The fourth-order valence-electron chi connectivity index (χ4n) is 3.03. The molecule has 0 spiro atoms. The average molecular weight is 353 g/mol. The minimum Gasteiger partial charge on any atom is -0.443 e. The Balaban J connectivity index is 1.93. The summed E-state index contributed by atoms with van der Waals surface area (Å²) in [5.41, 5.74) is 2.73. The molecule has 2 aromatic heterocycles. The Labute approximate surface area is 151 Å². The first kappa shape index (κ1) is 17.9. The van der Waals surface area contributed by atoms with Crippen molar-refractivity contribution in [3.63, 3.8) is 0 Å². The topological polar surface area (TPSA) is 77.1 Å². The molecule has 6 nitrogen and oxygen atoms in total. The van der Waals surface area contributed by atoms with Crippen LogP contribution in [0, 0.1) is 13.8 Å². The first-order valence-electron chi connectivity index (χ1n) is 8.82. The van der Waals surface area contributed by atoms with E-state index in [0.29, 0.717) is 29.0 Å². The summed E-state index contributed by atoms with van der Waals surface area (Å²) in [7, 11) is 0. The first-order chi connectivity index (χ1) is 12.5. The minimum absolute atomic E-state index is 0.238. The summed E-state index contributed by atoms with van der Waals surface area (Å²) in [6.07, 6.45) is 2.80. The van der Waals surface area contributed by atoms with Crippen molar-refractivity contribution >= 4 is 22.7 Å².